The molecule has 0 atom stereocenters. The van der Waals surface area contributed by atoms with E-state index in [4.69, 9.17) is 10.5 Å². The lowest BCUT2D eigenvalue weighted by Crippen LogP contribution is -1.94. The molecule has 3 nitrogen and oxygen atoms in total. The van der Waals surface area contributed by atoms with Gasteiger partial charge in [-0.2, -0.15) is 0 Å². The SMILES string of the molecule is COc1ncc(N)cc1/C=C/CC(C)C. The Labute approximate surface area is 91.0 Å². The van der Waals surface area contributed by atoms with Gasteiger partial charge in [0.15, 0.2) is 0 Å². The Balaban J connectivity index is 2.82. The highest BCUT2D eigenvalue weighted by Gasteiger charge is 2.01. The summed E-state index contributed by atoms with van der Waals surface area (Å²) in [5.74, 6) is 1.27. The van der Waals surface area contributed by atoms with Crippen LogP contribution in [0.25, 0.3) is 6.08 Å². The van der Waals surface area contributed by atoms with Crippen LogP contribution in [0.4, 0.5) is 5.69 Å². The Morgan fingerprint density at radius 2 is 2.27 bits per heavy atom. The van der Waals surface area contributed by atoms with Gasteiger partial charge in [0.2, 0.25) is 5.88 Å². The lowest BCUT2D eigenvalue weighted by molar-refractivity contribution is 0.397. The van der Waals surface area contributed by atoms with E-state index in [0.29, 0.717) is 17.5 Å². The zero-order valence-electron chi connectivity index (χ0n) is 9.53. The van der Waals surface area contributed by atoms with Crippen molar-refractivity contribution in [2.45, 2.75) is 20.3 Å². The highest BCUT2D eigenvalue weighted by molar-refractivity contribution is 5.59. The second kappa shape index (κ2) is 5.39. The van der Waals surface area contributed by atoms with Gasteiger partial charge in [0.05, 0.1) is 19.0 Å². The van der Waals surface area contributed by atoms with Crippen LogP contribution in [0.1, 0.15) is 25.8 Å². The molecule has 0 amide bonds. The maximum atomic E-state index is 5.66. The van der Waals surface area contributed by atoms with Crippen LogP contribution < -0.4 is 10.5 Å². The molecule has 0 aromatic carbocycles. The van der Waals surface area contributed by atoms with Gasteiger partial charge >= 0.3 is 0 Å². The van der Waals surface area contributed by atoms with Crippen LogP contribution in [-0.4, -0.2) is 12.1 Å². The molecule has 0 bridgehead atoms. The van der Waals surface area contributed by atoms with Crippen LogP contribution >= 0.6 is 0 Å². The van der Waals surface area contributed by atoms with E-state index in [1.807, 2.05) is 12.1 Å². The van der Waals surface area contributed by atoms with Crippen molar-refractivity contribution in [3.63, 3.8) is 0 Å². The molecule has 1 rings (SSSR count). The van der Waals surface area contributed by atoms with E-state index >= 15 is 0 Å². The molecule has 3 heteroatoms. The normalized spacial score (nSPS) is 11.2. The van der Waals surface area contributed by atoms with Crippen molar-refractivity contribution >= 4 is 11.8 Å². The number of pyridine rings is 1. The summed E-state index contributed by atoms with van der Waals surface area (Å²) in [6, 6.07) is 1.86. The van der Waals surface area contributed by atoms with Gasteiger partial charge in [0, 0.05) is 5.56 Å². The van der Waals surface area contributed by atoms with E-state index < -0.39 is 0 Å². The second-order valence-corrected chi connectivity index (χ2v) is 3.90. The van der Waals surface area contributed by atoms with Gasteiger partial charge in [-0.15, -0.1) is 0 Å². The summed E-state index contributed by atoms with van der Waals surface area (Å²) >= 11 is 0. The topological polar surface area (TPSA) is 48.1 Å². The van der Waals surface area contributed by atoms with E-state index in [1.165, 1.54) is 0 Å². The fourth-order valence-electron chi connectivity index (χ4n) is 1.24. The van der Waals surface area contributed by atoms with E-state index in [2.05, 4.69) is 24.9 Å². The van der Waals surface area contributed by atoms with Gasteiger partial charge < -0.3 is 10.5 Å². The summed E-state index contributed by atoms with van der Waals surface area (Å²) in [6.45, 7) is 4.36. The van der Waals surface area contributed by atoms with Crippen LogP contribution in [0, 0.1) is 5.92 Å². The molecular formula is C12H18N2O. The summed E-state index contributed by atoms with van der Waals surface area (Å²) in [4.78, 5) is 4.10. The van der Waals surface area contributed by atoms with Crippen molar-refractivity contribution < 1.29 is 4.74 Å². The van der Waals surface area contributed by atoms with Gasteiger partial charge in [0.1, 0.15) is 0 Å². The average molecular weight is 206 g/mol. The van der Waals surface area contributed by atoms with E-state index in [-0.39, 0.29) is 0 Å². The Morgan fingerprint density at radius 3 is 2.87 bits per heavy atom. The minimum Gasteiger partial charge on any atom is -0.481 e. The third-order valence-corrected chi connectivity index (χ3v) is 2.00. The summed E-state index contributed by atoms with van der Waals surface area (Å²) in [6.07, 6.45) is 6.75. The molecule has 0 aliphatic rings. The van der Waals surface area contributed by atoms with Gasteiger partial charge in [-0.05, 0) is 18.4 Å². The molecule has 0 spiro atoms. The standard InChI is InChI=1S/C12H18N2O/c1-9(2)5-4-6-10-7-11(13)8-14-12(10)15-3/h4,6-9H,5,13H2,1-3H3/b6-4+. The molecule has 0 aliphatic heterocycles. The van der Waals surface area contributed by atoms with E-state index in [9.17, 15) is 0 Å². The zero-order chi connectivity index (χ0) is 11.3. The van der Waals surface area contributed by atoms with Crippen molar-refractivity contribution in [3.05, 3.63) is 23.9 Å². The Hall–Kier alpha value is -1.51. The van der Waals surface area contributed by atoms with E-state index in [1.54, 1.807) is 13.3 Å². The number of aromatic nitrogens is 1. The van der Waals surface area contributed by atoms with Crippen molar-refractivity contribution in [1.29, 1.82) is 0 Å². The molecule has 0 radical (unpaired) electrons. The number of anilines is 1. The minimum absolute atomic E-state index is 0.615. The first kappa shape index (κ1) is 11.6. The number of allylic oxidation sites excluding steroid dienone is 1. The van der Waals surface area contributed by atoms with Crippen LogP contribution in [0.2, 0.25) is 0 Å². The van der Waals surface area contributed by atoms with E-state index in [0.717, 1.165) is 12.0 Å². The Kier molecular flexibility index (Phi) is 4.16. The summed E-state index contributed by atoms with van der Waals surface area (Å²) < 4.78 is 5.14. The summed E-state index contributed by atoms with van der Waals surface area (Å²) in [5.41, 5.74) is 7.24. The van der Waals surface area contributed by atoms with Gasteiger partial charge in [-0.1, -0.05) is 26.0 Å². The smallest absolute Gasteiger partial charge is 0.220 e. The highest BCUT2D eigenvalue weighted by Crippen LogP contribution is 2.19. The molecule has 0 fully saturated rings. The molecule has 1 heterocycles. The number of ether oxygens (including phenoxy) is 1. The van der Waals surface area contributed by atoms with Crippen LogP contribution in [0.15, 0.2) is 18.3 Å². The molecule has 0 aliphatic carbocycles. The molecule has 0 unspecified atom stereocenters. The number of methoxy groups -OCH3 is 1. The summed E-state index contributed by atoms with van der Waals surface area (Å²) in [7, 11) is 1.61. The van der Waals surface area contributed by atoms with Crippen molar-refractivity contribution in [3.8, 4) is 5.88 Å². The van der Waals surface area contributed by atoms with Crippen LogP contribution in [-0.2, 0) is 0 Å². The number of hydrogen-bond donors (Lipinski definition) is 1. The molecule has 2 N–H and O–H groups in total. The highest BCUT2D eigenvalue weighted by atomic mass is 16.5. The average Bonchev–Trinajstić information content (AvgIpc) is 2.17. The predicted octanol–water partition coefficient (Wildman–Crippen LogP) is 2.73. The first-order valence-corrected chi connectivity index (χ1v) is 5.09. The number of nitrogen functional groups attached to an aromatic ring is 1. The first-order chi connectivity index (χ1) is 7.13. The van der Waals surface area contributed by atoms with Crippen LogP contribution in [0.5, 0.6) is 5.88 Å². The molecule has 1 aromatic rings. The van der Waals surface area contributed by atoms with Crippen molar-refractivity contribution in [1.82, 2.24) is 4.98 Å². The number of hydrogen-bond acceptors (Lipinski definition) is 3. The van der Waals surface area contributed by atoms with Crippen molar-refractivity contribution in [2.75, 3.05) is 12.8 Å². The zero-order valence-corrected chi connectivity index (χ0v) is 9.53. The largest absolute Gasteiger partial charge is 0.481 e. The number of rotatable bonds is 4. The lowest BCUT2D eigenvalue weighted by atomic mass is 10.1. The lowest BCUT2D eigenvalue weighted by Gasteiger charge is -2.04. The van der Waals surface area contributed by atoms with Crippen LogP contribution in [0.3, 0.4) is 0 Å². The third kappa shape index (κ3) is 3.62. The Bertz CT molecular complexity index is 345. The van der Waals surface area contributed by atoms with Gasteiger partial charge in [0.25, 0.3) is 0 Å². The molecule has 1 aromatic heterocycles. The Morgan fingerprint density at radius 1 is 1.53 bits per heavy atom. The molecule has 15 heavy (non-hydrogen) atoms. The monoisotopic (exact) mass is 206 g/mol. The molecule has 0 saturated heterocycles. The fraction of sp³-hybridized carbons (Fsp3) is 0.417. The molecule has 0 saturated carbocycles. The predicted molar refractivity (Wildman–Crippen MR) is 63.7 cm³/mol. The first-order valence-electron chi connectivity index (χ1n) is 5.09. The maximum absolute atomic E-state index is 5.66. The minimum atomic E-state index is 0.615. The van der Waals surface area contributed by atoms with Gasteiger partial charge in [-0.3, -0.25) is 0 Å². The molecule has 82 valence electrons. The third-order valence-electron chi connectivity index (χ3n) is 2.00. The van der Waals surface area contributed by atoms with Crippen molar-refractivity contribution in [2.24, 2.45) is 5.92 Å². The maximum Gasteiger partial charge on any atom is 0.220 e. The quantitative estimate of drug-likeness (QED) is 0.824. The van der Waals surface area contributed by atoms with Gasteiger partial charge in [-0.25, -0.2) is 4.98 Å². The number of nitrogens with two attached hydrogens (primary N) is 1. The second-order valence-electron chi connectivity index (χ2n) is 3.90. The molecular weight excluding hydrogens is 188 g/mol. The summed E-state index contributed by atoms with van der Waals surface area (Å²) in [5, 5.41) is 0. The number of nitrogens with zero attached hydrogens (tertiary/aromatic N) is 1. The fourth-order valence-corrected chi connectivity index (χ4v) is 1.24.